The number of nitro groups is 1. The average Bonchev–Trinajstić information content (AvgIpc) is 1.61. The summed E-state index contributed by atoms with van der Waals surface area (Å²) in [5.41, 5.74) is 6.34. The van der Waals surface area contributed by atoms with Crippen LogP contribution in [-0.2, 0) is 58.5 Å². The molecular weight excluding hydrogens is 1890 g/mol. The van der Waals surface area contributed by atoms with Crippen LogP contribution < -0.4 is 30.7 Å². The van der Waals surface area contributed by atoms with Crippen LogP contribution in [0.5, 0.6) is 0 Å². The Hall–Kier alpha value is -14.4. The highest BCUT2D eigenvalue weighted by Gasteiger charge is 2.52. The molecule has 0 spiro atoms. The molecule has 8 unspecified atom stereocenters. The van der Waals surface area contributed by atoms with Gasteiger partial charge in [0.25, 0.3) is 5.69 Å². The van der Waals surface area contributed by atoms with E-state index in [9.17, 15) is 78.4 Å². The minimum atomic E-state index is -4.87. The second-order valence-electron chi connectivity index (χ2n) is 36.9. The highest BCUT2D eigenvalue weighted by Crippen LogP contribution is 2.44. The zero-order chi connectivity index (χ0) is 100. The molecule has 31 nitrogen and oxygen atoms in total. The quantitative estimate of drug-likeness (QED) is 0.0250. The van der Waals surface area contributed by atoms with Crippen LogP contribution in [0.1, 0.15) is 138 Å². The highest BCUT2D eigenvalue weighted by molar-refractivity contribution is 6.31. The van der Waals surface area contributed by atoms with Crippen LogP contribution in [-0.4, -0.2) is 207 Å². The zero-order valence-electron chi connectivity index (χ0n) is 76.8. The Labute approximate surface area is 811 Å². The normalized spacial score (nSPS) is 19.3. The number of nitrogens with two attached hydrogens (primary N) is 1. The van der Waals surface area contributed by atoms with Gasteiger partial charge in [-0.15, -0.1) is 0 Å². The van der Waals surface area contributed by atoms with E-state index >= 15 is 0 Å². The van der Waals surface area contributed by atoms with Gasteiger partial charge in [-0.3, -0.25) is 29.3 Å². The average molecular weight is 1990 g/mol. The summed E-state index contributed by atoms with van der Waals surface area (Å²) in [4.78, 5) is 133. The number of nitrogens with zero attached hydrogens (tertiary/aromatic N) is 16. The number of piperazine rings is 4. The number of ketones is 3. The van der Waals surface area contributed by atoms with Crippen LogP contribution in [0, 0.1) is 10.1 Å². The molecule has 16 heterocycles. The van der Waals surface area contributed by atoms with E-state index in [1.54, 1.807) is 138 Å². The van der Waals surface area contributed by atoms with E-state index in [1.165, 1.54) is 30.7 Å². The van der Waals surface area contributed by atoms with Crippen molar-refractivity contribution in [2.45, 2.75) is 171 Å². The van der Waals surface area contributed by atoms with Crippen molar-refractivity contribution in [3.63, 3.8) is 0 Å². The number of benzene rings is 4. The third-order valence-corrected chi connectivity index (χ3v) is 25.1. The second-order valence-corrected chi connectivity index (χ2v) is 37.7. The largest absolute Gasteiger partial charge is 0.452 e. The van der Waals surface area contributed by atoms with Crippen molar-refractivity contribution in [3.8, 4) is 34.4 Å². The molecule has 141 heavy (non-hydrogen) atoms. The van der Waals surface area contributed by atoms with Crippen LogP contribution in [0.4, 0.5) is 83.7 Å². The zero-order valence-corrected chi connectivity index (χ0v) is 78.3. The number of alkyl halides is 9. The standard InChI is InChI=1S/C30H24ClF3N4O3.C27H27F3N4O4.C22H19F3N4O2.C15H22N4O2.C5H3ClN2O2/c31-23-9-5-4-8-20(23)13-26(40)38-17-21-14-22(38)16-37(21)25-11-10-18(15-35-25)12-24(39)27-28(30(32,33)34)41-29(36-27)19-6-2-1-3-7-19;1-26(2,3)38-25(36)34-15-18-12-19(34)14-33(18)21-10-9-16(13-31-21)11-20(35)22-23(27(28,29)30)37-24(32-22)17-7-5-4-6-8-17;23-22(24,25)20-19(28-21(31-20)14-4-2-1-3-5-14)17(30)8-13-6-7-18(27-10-13)29-12-15-9-16(29)11-26-15;1-15(2,3)21-14(20)19-9-11-6-12(19)8-18(11)13-5-4-10(16)7-17-13;6-5-2-1-4(3-7-5)8(9)10/h1-11,15,21-22H,12-14,16-17H2;4-10,13,18-19H,11-12,14-15H2,1-3H3;1-7,10,15-16,26H,8-9,11-12H2;4-5,7,11-12H,6,8-9,16H2,1-3H3;1-3H. The molecule has 8 aromatic heterocycles. The highest BCUT2D eigenvalue weighted by atomic mass is 35.5. The predicted octanol–water partition coefficient (Wildman–Crippen LogP) is 18.5. The molecule has 8 fully saturated rings. The Morgan fingerprint density at radius 2 is 0.780 bits per heavy atom. The Bertz CT molecular complexity index is 6500. The van der Waals surface area contributed by atoms with Crippen LogP contribution in [0.3, 0.4) is 0 Å². The number of halogens is 11. The second kappa shape index (κ2) is 41.2. The number of aromatic nitrogens is 8. The van der Waals surface area contributed by atoms with E-state index in [-0.39, 0.29) is 102 Å². The fourth-order valence-corrected chi connectivity index (χ4v) is 18.4. The van der Waals surface area contributed by atoms with Crippen molar-refractivity contribution < 1.29 is 95.9 Å². The Morgan fingerprint density at radius 3 is 1.08 bits per heavy atom. The number of nitrogen functional groups attached to an aromatic ring is 1. The van der Waals surface area contributed by atoms with Crippen LogP contribution in [0.15, 0.2) is 220 Å². The predicted molar refractivity (Wildman–Crippen MR) is 501 cm³/mol. The minimum Gasteiger partial charge on any atom is -0.444 e. The van der Waals surface area contributed by atoms with Crippen molar-refractivity contribution in [1.29, 1.82) is 0 Å². The number of fused-ring (bicyclic) bond motifs is 8. The molecule has 0 saturated carbocycles. The van der Waals surface area contributed by atoms with Crippen molar-refractivity contribution in [2.75, 3.05) is 77.7 Å². The van der Waals surface area contributed by atoms with Crippen LogP contribution in [0.25, 0.3) is 34.4 Å². The van der Waals surface area contributed by atoms with Gasteiger partial charge >= 0.3 is 30.7 Å². The first-order valence-electron chi connectivity index (χ1n) is 45.1. The number of carbonyl (C=O) groups is 6. The molecule has 3 amide bonds. The number of amides is 3. The molecule has 8 saturated heterocycles. The van der Waals surface area contributed by atoms with Gasteiger partial charge in [0.15, 0.2) is 34.4 Å². The Balaban J connectivity index is 0.000000133. The van der Waals surface area contributed by atoms with Crippen molar-refractivity contribution in [2.24, 2.45) is 0 Å². The van der Waals surface area contributed by atoms with Gasteiger partial charge in [0, 0.05) is 130 Å². The third-order valence-electron chi connectivity index (χ3n) is 24.6. The number of anilines is 5. The number of carbonyl (C=O) groups excluding carboxylic acids is 6. The van der Waals surface area contributed by atoms with Gasteiger partial charge in [-0.05, 0) is 168 Å². The van der Waals surface area contributed by atoms with Gasteiger partial charge in [-0.2, -0.15) is 39.5 Å². The van der Waals surface area contributed by atoms with Gasteiger partial charge < -0.3 is 68.1 Å². The first-order chi connectivity index (χ1) is 67.0. The maximum Gasteiger partial charge on any atom is 0.452 e. The van der Waals surface area contributed by atoms with Gasteiger partial charge in [0.05, 0.1) is 59.5 Å². The molecule has 4 aromatic carbocycles. The fourth-order valence-electron chi connectivity index (χ4n) is 18.1. The first kappa shape index (κ1) is 99.6. The van der Waals surface area contributed by atoms with E-state index in [0.717, 1.165) is 68.7 Å². The lowest BCUT2D eigenvalue weighted by Crippen LogP contribution is -2.50. The van der Waals surface area contributed by atoms with Crippen molar-refractivity contribution in [1.82, 2.24) is 59.9 Å². The molecule has 20 rings (SSSR count). The maximum absolute atomic E-state index is 13.6. The summed E-state index contributed by atoms with van der Waals surface area (Å²) in [6.07, 6.45) is -4.72. The van der Waals surface area contributed by atoms with Crippen LogP contribution in [0.2, 0.25) is 10.2 Å². The van der Waals surface area contributed by atoms with Crippen molar-refractivity contribution in [3.05, 3.63) is 284 Å². The molecule has 0 aliphatic carbocycles. The number of hydrogen-bond donors (Lipinski definition) is 2. The van der Waals surface area contributed by atoms with Gasteiger partial charge in [-0.1, -0.05) is 114 Å². The van der Waals surface area contributed by atoms with Crippen molar-refractivity contribution >= 4 is 93.3 Å². The number of Topliss-reactive ketones (excluding diaryl/α,β-unsaturated/α-hetero) is 3. The number of pyridine rings is 5. The summed E-state index contributed by atoms with van der Waals surface area (Å²) >= 11 is 11.6. The minimum absolute atomic E-state index is 0.0182. The molecular formula is C99H95Cl2F9N18O13. The Kier molecular flexibility index (Phi) is 29.1. The smallest absolute Gasteiger partial charge is 0.444 e. The Morgan fingerprint density at radius 1 is 0.418 bits per heavy atom. The summed E-state index contributed by atoms with van der Waals surface area (Å²) < 4.78 is 148. The molecule has 0 radical (unpaired) electrons. The molecule has 736 valence electrons. The van der Waals surface area contributed by atoms with E-state index in [2.05, 4.69) is 64.8 Å². The number of oxazole rings is 3. The number of likely N-dealkylation sites (tertiary alicyclic amines) is 3. The number of hydrogen-bond acceptors (Lipinski definition) is 27. The van der Waals surface area contributed by atoms with E-state index < -0.39 is 86.4 Å². The third kappa shape index (κ3) is 23.9. The summed E-state index contributed by atoms with van der Waals surface area (Å²) in [5, 5.41) is 14.3. The SMILES string of the molecule is CC(C)(C)OC(=O)N1CC2CC1CN2c1ccc(CC(=O)c2nc(-c3ccccc3)oc2C(F)(F)F)cn1.CC(C)(C)OC(=O)N1CC2CC1CN2c1ccc(N)cn1.O=C(Cc1ccc(N2CC3CC2CN3)nc1)c1nc(-c2ccccc2)oc1C(F)(F)F.O=C(Cc1ccc(N2CC3CC2CN3C(=O)Cc2ccccc2Cl)nc1)c1nc(-c2ccccc2)oc1C(F)(F)F.O=[N+]([O-])c1ccc(Cl)nc1. The first-order valence-corrected chi connectivity index (χ1v) is 45.9. The molecule has 3 N–H and O–H groups in total. The number of rotatable bonds is 19. The fraction of sp³-hybridized carbons (Fsp3) is 0.354. The molecule has 12 aromatic rings. The molecule has 8 aliphatic heterocycles. The lowest BCUT2D eigenvalue weighted by molar-refractivity contribution is -0.385. The topological polar surface area (TPSA) is 367 Å². The summed E-state index contributed by atoms with van der Waals surface area (Å²) in [7, 11) is 0. The summed E-state index contributed by atoms with van der Waals surface area (Å²) in [5.74, 6) is -4.20. The molecule has 42 heteroatoms. The summed E-state index contributed by atoms with van der Waals surface area (Å²) in [6, 6.07) is 50.3. The van der Waals surface area contributed by atoms with Gasteiger partial charge in [-0.25, -0.2) is 49.5 Å². The monoisotopic (exact) mass is 1980 g/mol. The van der Waals surface area contributed by atoms with E-state index in [1.807, 2.05) is 87.7 Å². The number of ether oxygens (including phenoxy) is 2. The molecule has 8 aliphatic rings. The lowest BCUT2D eigenvalue weighted by Gasteiger charge is -2.35. The molecule has 8 atom stereocenters. The molecule has 8 bridgehead atoms. The number of nitrogens with one attached hydrogen (secondary N) is 1. The maximum atomic E-state index is 13.6. The summed E-state index contributed by atoms with van der Waals surface area (Å²) in [6.45, 7) is 16.8. The van der Waals surface area contributed by atoms with E-state index in [0.29, 0.717) is 107 Å². The van der Waals surface area contributed by atoms with Gasteiger partial charge in [0.1, 0.15) is 45.8 Å². The van der Waals surface area contributed by atoms with Gasteiger partial charge in [0.2, 0.25) is 40.9 Å². The lowest BCUT2D eigenvalue weighted by atomic mass is 10.1. The van der Waals surface area contributed by atoms with E-state index in [4.69, 9.17) is 51.7 Å². The van der Waals surface area contributed by atoms with Crippen LogP contribution >= 0.6 is 23.2 Å².